The first-order valence-electron chi connectivity index (χ1n) is 19.4. The first-order chi connectivity index (χ1) is 27.1. The van der Waals surface area contributed by atoms with Crippen LogP contribution in [0.15, 0.2) is 61.3 Å². The van der Waals surface area contributed by atoms with Crippen LogP contribution in [0.4, 0.5) is 0 Å². The number of nitrogens with zero attached hydrogens (tertiary/aromatic N) is 4. The molecule has 7 rings (SSSR count). The van der Waals surface area contributed by atoms with Gasteiger partial charge in [-0.1, -0.05) is 32.9 Å². The molecule has 1 aromatic carbocycles. The summed E-state index contributed by atoms with van der Waals surface area (Å²) >= 11 is 0. The Balaban J connectivity index is 1.21. The maximum Gasteiger partial charge on any atom is 0.259 e. The summed E-state index contributed by atoms with van der Waals surface area (Å²) in [5.74, 6) is -2.34. The molecule has 2 saturated heterocycles. The van der Waals surface area contributed by atoms with E-state index in [4.69, 9.17) is 19.2 Å². The fraction of sp³-hybridized carbons (Fsp3) is 0.512. The Bertz CT molecular complexity index is 2170. The van der Waals surface area contributed by atoms with Crippen molar-refractivity contribution in [2.45, 2.75) is 75.8 Å². The normalized spacial score (nSPS) is 24.0. The van der Waals surface area contributed by atoms with Crippen LogP contribution in [-0.4, -0.2) is 115 Å². The van der Waals surface area contributed by atoms with Crippen molar-refractivity contribution in [2.24, 2.45) is 17.3 Å². The lowest BCUT2D eigenvalue weighted by Gasteiger charge is -2.36. The van der Waals surface area contributed by atoms with E-state index in [1.807, 2.05) is 39.0 Å². The molecular formula is C41H50N6O9S. The summed E-state index contributed by atoms with van der Waals surface area (Å²) in [5.41, 5.74) is -0.499. The molecule has 0 radical (unpaired) electrons. The standard InChI is InChI=1S/C41H50N6O9S/c1-6-25-23-41(25,39(51)45-57(52,53)28-11-12-28)44-37(49)34-20-27(24-47(34)38(50)30(40(2,3)4)21-36(48)46-15-17-55-18-16-46)56-35-22-33(31-9-7-8-14-42-31)43-32-19-26(54-5)10-13-29(32)35/h6-10,13-14,19,22,25,27-28,30,34H,1,11-12,15-18,20-21,23-24H2,2-5H3,(H,44,49)(H,45,51)/t25-,27-,30-,34+,41-/m1/s1. The van der Waals surface area contributed by atoms with Crippen LogP contribution >= 0.6 is 0 Å². The van der Waals surface area contributed by atoms with E-state index in [1.54, 1.807) is 42.5 Å². The Morgan fingerprint density at radius 1 is 1.09 bits per heavy atom. The van der Waals surface area contributed by atoms with Crippen molar-refractivity contribution in [1.82, 2.24) is 29.8 Å². The number of fused-ring (bicyclic) bond motifs is 1. The highest BCUT2D eigenvalue weighted by atomic mass is 32.2. The number of likely N-dealkylation sites (tertiary alicyclic amines) is 1. The molecule has 4 amide bonds. The largest absolute Gasteiger partial charge is 0.497 e. The number of morpholine rings is 1. The van der Waals surface area contributed by atoms with Gasteiger partial charge < -0.3 is 29.3 Å². The third-order valence-corrected chi connectivity index (χ3v) is 13.2. The van der Waals surface area contributed by atoms with Crippen LogP contribution in [0.3, 0.4) is 0 Å². The summed E-state index contributed by atoms with van der Waals surface area (Å²) in [6.45, 7) is 11.1. The van der Waals surface area contributed by atoms with Crippen LogP contribution in [0.2, 0.25) is 0 Å². The molecule has 2 aliphatic heterocycles. The maximum absolute atomic E-state index is 14.8. The van der Waals surface area contributed by atoms with Gasteiger partial charge in [0.1, 0.15) is 29.2 Å². The second kappa shape index (κ2) is 15.7. The van der Waals surface area contributed by atoms with Gasteiger partial charge in [-0.2, -0.15) is 0 Å². The fourth-order valence-electron chi connectivity index (χ4n) is 7.70. The Labute approximate surface area is 332 Å². The van der Waals surface area contributed by atoms with Gasteiger partial charge >= 0.3 is 0 Å². The number of aromatic nitrogens is 2. The van der Waals surface area contributed by atoms with Crippen LogP contribution in [0.1, 0.15) is 52.9 Å². The zero-order valence-electron chi connectivity index (χ0n) is 32.7. The monoisotopic (exact) mass is 802 g/mol. The molecule has 16 heteroatoms. The minimum atomic E-state index is -3.91. The molecule has 57 heavy (non-hydrogen) atoms. The van der Waals surface area contributed by atoms with E-state index >= 15 is 0 Å². The van der Waals surface area contributed by atoms with Crippen molar-refractivity contribution in [3.8, 4) is 22.9 Å². The number of pyridine rings is 2. The average molecular weight is 803 g/mol. The molecule has 0 unspecified atom stereocenters. The van der Waals surface area contributed by atoms with Crippen molar-refractivity contribution in [1.29, 1.82) is 0 Å². The third-order valence-electron chi connectivity index (χ3n) is 11.4. The molecule has 3 aromatic rings. The zero-order valence-corrected chi connectivity index (χ0v) is 33.5. The molecule has 4 heterocycles. The maximum atomic E-state index is 14.8. The number of rotatable bonds is 13. The van der Waals surface area contributed by atoms with Crippen molar-refractivity contribution in [3.63, 3.8) is 0 Å². The number of benzene rings is 1. The Morgan fingerprint density at radius 3 is 2.47 bits per heavy atom. The quantitative estimate of drug-likeness (QED) is 0.242. The van der Waals surface area contributed by atoms with E-state index in [1.165, 1.54) is 11.0 Å². The molecule has 5 atom stereocenters. The SMILES string of the molecule is C=C[C@@H]1C[C@]1(NC(=O)[C@@H]1C[C@@H](Oc2cc(-c3ccccn3)nc3cc(OC)ccc23)CN1C(=O)[C@@H](CC(=O)N1CCOCC1)C(C)(C)C)C(=O)NS(=O)(=O)C1CC1. The third kappa shape index (κ3) is 8.47. The van der Waals surface area contributed by atoms with E-state index in [-0.39, 0.29) is 31.7 Å². The summed E-state index contributed by atoms with van der Waals surface area (Å²) in [6, 6.07) is 11.5. The molecule has 2 aliphatic carbocycles. The lowest BCUT2D eigenvalue weighted by molar-refractivity contribution is -0.149. The van der Waals surface area contributed by atoms with Gasteiger partial charge in [-0.05, 0) is 48.9 Å². The molecular weight excluding hydrogens is 753 g/mol. The zero-order chi connectivity index (χ0) is 40.7. The van der Waals surface area contributed by atoms with E-state index in [2.05, 4.69) is 21.6 Å². The highest BCUT2D eigenvalue weighted by molar-refractivity contribution is 7.91. The van der Waals surface area contributed by atoms with E-state index in [0.29, 0.717) is 72.9 Å². The average Bonchev–Trinajstić information content (AvgIpc) is 4.13. The number of carbonyl (C=O) groups excluding carboxylic acids is 4. The number of amides is 4. The minimum absolute atomic E-state index is 0.00568. The van der Waals surface area contributed by atoms with Gasteiger partial charge in [0.05, 0.1) is 54.9 Å². The number of carbonyl (C=O) groups is 4. The molecule has 2 N–H and O–H groups in total. The number of ether oxygens (including phenoxy) is 3. The topological polar surface area (TPSA) is 186 Å². The minimum Gasteiger partial charge on any atom is -0.497 e. The highest BCUT2D eigenvalue weighted by Crippen LogP contribution is 2.46. The number of sulfonamides is 1. The molecule has 4 aliphatic rings. The van der Waals surface area contributed by atoms with Crippen molar-refractivity contribution in [3.05, 3.63) is 61.3 Å². The Morgan fingerprint density at radius 2 is 1.84 bits per heavy atom. The fourth-order valence-corrected chi connectivity index (χ4v) is 9.06. The number of hydrogen-bond acceptors (Lipinski definition) is 11. The van der Waals surface area contributed by atoms with Gasteiger partial charge in [-0.25, -0.2) is 13.4 Å². The summed E-state index contributed by atoms with van der Waals surface area (Å²) in [5, 5.41) is 2.87. The first-order valence-corrected chi connectivity index (χ1v) is 20.9. The Hall–Kier alpha value is -5.09. The van der Waals surface area contributed by atoms with E-state index < -0.39 is 67.9 Å². The summed E-state index contributed by atoms with van der Waals surface area (Å²) in [4.78, 5) is 69.0. The van der Waals surface area contributed by atoms with Gasteiger partial charge in [-0.3, -0.25) is 28.9 Å². The molecule has 0 bridgehead atoms. The van der Waals surface area contributed by atoms with Crippen LogP contribution in [0.25, 0.3) is 22.3 Å². The van der Waals surface area contributed by atoms with Crippen LogP contribution in [0.5, 0.6) is 11.5 Å². The van der Waals surface area contributed by atoms with Gasteiger partial charge in [-0.15, -0.1) is 6.58 Å². The summed E-state index contributed by atoms with van der Waals surface area (Å²) < 4.78 is 45.4. The molecule has 0 spiro atoms. The van der Waals surface area contributed by atoms with Crippen LogP contribution in [0, 0.1) is 17.3 Å². The number of nitrogens with one attached hydrogen (secondary N) is 2. The van der Waals surface area contributed by atoms with Crippen LogP contribution < -0.4 is 19.5 Å². The van der Waals surface area contributed by atoms with Gasteiger partial charge in [0.2, 0.25) is 27.7 Å². The molecule has 4 fully saturated rings. The predicted octanol–water partition coefficient (Wildman–Crippen LogP) is 3.23. The second-order valence-corrected chi connectivity index (χ2v) is 18.3. The van der Waals surface area contributed by atoms with Crippen LogP contribution in [-0.2, 0) is 33.9 Å². The smallest absolute Gasteiger partial charge is 0.259 e. The molecule has 2 saturated carbocycles. The summed E-state index contributed by atoms with van der Waals surface area (Å²) in [7, 11) is -2.35. The number of hydrogen-bond donors (Lipinski definition) is 2. The second-order valence-electron chi connectivity index (χ2n) is 16.4. The van der Waals surface area contributed by atoms with Crippen molar-refractivity contribution >= 4 is 44.6 Å². The predicted molar refractivity (Wildman–Crippen MR) is 210 cm³/mol. The van der Waals surface area contributed by atoms with Gasteiger partial charge in [0, 0.05) is 55.6 Å². The highest BCUT2D eigenvalue weighted by Gasteiger charge is 2.62. The van der Waals surface area contributed by atoms with Crippen molar-refractivity contribution < 1.29 is 41.8 Å². The lowest BCUT2D eigenvalue weighted by atomic mass is 9.77. The van der Waals surface area contributed by atoms with E-state index in [0.717, 1.165) is 0 Å². The molecule has 2 aromatic heterocycles. The van der Waals surface area contributed by atoms with Crippen molar-refractivity contribution in [2.75, 3.05) is 40.0 Å². The molecule has 15 nitrogen and oxygen atoms in total. The Kier molecular flexibility index (Phi) is 11.0. The molecule has 304 valence electrons. The first kappa shape index (κ1) is 40.1. The van der Waals surface area contributed by atoms with Gasteiger partial charge in [0.25, 0.3) is 5.91 Å². The summed E-state index contributed by atoms with van der Waals surface area (Å²) in [6.07, 6.45) is 3.50. The lowest BCUT2D eigenvalue weighted by Crippen LogP contribution is -2.57. The van der Waals surface area contributed by atoms with Gasteiger partial charge in [0.15, 0.2) is 0 Å². The number of methoxy groups -OCH3 is 1. The van der Waals surface area contributed by atoms with E-state index in [9.17, 15) is 27.6 Å².